The molecule has 26 heteroatoms. The van der Waals surface area contributed by atoms with Crippen LogP contribution < -0.4 is 129 Å². The van der Waals surface area contributed by atoms with Crippen LogP contribution in [0.15, 0.2) is 117 Å². The fourth-order valence-electron chi connectivity index (χ4n) is 5.53. The van der Waals surface area contributed by atoms with Crippen LogP contribution in [0.4, 0.5) is 11.4 Å². The molecule has 4 aromatic rings. The maximum absolute atomic E-state index is 12.9. The second-order valence-corrected chi connectivity index (χ2v) is 17.0. The van der Waals surface area contributed by atoms with Crippen LogP contribution in [-0.2, 0) is 40.5 Å². The van der Waals surface area contributed by atoms with E-state index < -0.39 is 83.1 Å². The molecular weight excluding hydrogens is 909 g/mol. The number of carbonyl (C=O) groups is 2. The van der Waals surface area contributed by atoms with Crippen LogP contribution in [0.2, 0.25) is 0 Å². The van der Waals surface area contributed by atoms with Crippen molar-refractivity contribution >= 4 is 96.8 Å². The fourth-order valence-corrected chi connectivity index (χ4v) is 8.33. The van der Waals surface area contributed by atoms with E-state index in [1.54, 1.807) is 0 Å². The van der Waals surface area contributed by atoms with E-state index in [9.17, 15) is 61.5 Å². The van der Waals surface area contributed by atoms with E-state index in [2.05, 4.69) is 21.1 Å². The van der Waals surface area contributed by atoms with Crippen LogP contribution in [0.25, 0.3) is 22.0 Å². The number of hydrogen-bond acceptors (Lipinski definition) is 18. The summed E-state index contributed by atoms with van der Waals surface area (Å²) in [5, 5.41) is 7.61. The molecule has 0 unspecified atom stereocenters. The number of hydrazone groups is 2. The van der Waals surface area contributed by atoms with Crippen molar-refractivity contribution in [2.45, 2.75) is 9.79 Å². The maximum atomic E-state index is 12.9. The first-order valence-corrected chi connectivity index (χ1v) is 20.9. The molecule has 2 N–H and O–H groups in total. The Morgan fingerprint density at radius 1 is 0.450 bits per heavy atom. The Bertz CT molecular complexity index is 2820. The largest absolute Gasteiger partial charge is 1.00 e. The summed E-state index contributed by atoms with van der Waals surface area (Å²) in [6.07, 6.45) is 3.48. The zero-order valence-electron chi connectivity index (χ0n) is 31.6. The molecule has 0 radical (unpaired) electrons. The van der Waals surface area contributed by atoms with Crippen LogP contribution >= 0.6 is 0 Å². The van der Waals surface area contributed by atoms with E-state index in [0.29, 0.717) is 0 Å². The minimum absolute atomic E-state index is 0. The number of Topliss-reactive ketones (excluding diaryl/α,β-unsaturated/α-hetero) is 2. The van der Waals surface area contributed by atoms with Gasteiger partial charge in [-0.3, -0.25) is 20.4 Å². The topological polar surface area (TPSA) is 312 Å². The van der Waals surface area contributed by atoms with Crippen LogP contribution in [-0.4, -0.2) is 74.9 Å². The van der Waals surface area contributed by atoms with Gasteiger partial charge in [-0.1, -0.05) is 72.8 Å². The zero-order chi connectivity index (χ0) is 40.8. The summed E-state index contributed by atoms with van der Waals surface area (Å²) in [7, 11) is -20.7. The van der Waals surface area contributed by atoms with Crippen molar-refractivity contribution in [2.75, 3.05) is 10.9 Å². The summed E-state index contributed by atoms with van der Waals surface area (Å²) in [4.78, 5) is 22.7. The first-order valence-electron chi connectivity index (χ1n) is 15.3. The molecular formula is C34H20N4Na4O14S4. The molecule has 0 amide bonds. The quantitative estimate of drug-likeness (QED) is 0.0646. The zero-order valence-corrected chi connectivity index (χ0v) is 42.9. The molecule has 0 aliphatic heterocycles. The van der Waals surface area contributed by atoms with Crippen molar-refractivity contribution in [1.29, 1.82) is 0 Å². The third-order valence-electron chi connectivity index (χ3n) is 8.03. The fraction of sp³-hybridized carbons (Fsp3) is 0. The van der Waals surface area contributed by atoms with Gasteiger partial charge >= 0.3 is 118 Å². The van der Waals surface area contributed by atoms with Gasteiger partial charge in [0.05, 0.1) is 31.0 Å². The van der Waals surface area contributed by atoms with Crippen molar-refractivity contribution in [1.82, 2.24) is 0 Å². The average Bonchev–Trinajstić information content (AvgIpc) is 3.12. The molecule has 0 saturated heterocycles. The molecule has 0 saturated carbocycles. The number of carbonyl (C=O) groups excluding carboxylic acids is 2. The SMILES string of the molecule is O=C1/C(=N\Nc2ccc(/C=C/c3ccc(N/N=C4/C=C(S(=O)(=O)[O-])c5ccccc5C4=O)cc3S(=O)(=O)[O-])c(S(=O)(=O)[O-])c2)C=C(S(=O)(=O)[O-])c2ccccc21.[Na+].[Na+].[Na+].[Na+]. The van der Waals surface area contributed by atoms with Gasteiger partial charge in [-0.2, -0.15) is 10.2 Å². The Kier molecular flexibility index (Phi) is 19.1. The minimum atomic E-state index is -5.27. The third-order valence-corrected chi connectivity index (χ3v) is 11.6. The van der Waals surface area contributed by atoms with Crippen LogP contribution in [0.3, 0.4) is 0 Å². The number of nitrogens with one attached hydrogen (secondary N) is 2. The molecule has 288 valence electrons. The van der Waals surface area contributed by atoms with E-state index >= 15 is 0 Å². The summed E-state index contributed by atoms with van der Waals surface area (Å²) in [5.74, 6) is -1.55. The van der Waals surface area contributed by atoms with Crippen molar-refractivity contribution in [3.05, 3.63) is 130 Å². The molecule has 0 fully saturated rings. The number of rotatable bonds is 10. The summed E-state index contributed by atoms with van der Waals surface area (Å²) < 4.78 is 145. The maximum Gasteiger partial charge on any atom is 1.00 e. The molecule has 4 aromatic carbocycles. The van der Waals surface area contributed by atoms with Crippen LogP contribution in [0.5, 0.6) is 0 Å². The van der Waals surface area contributed by atoms with Gasteiger partial charge in [0.2, 0.25) is 11.6 Å². The standard InChI is InChI=1S/C34H24N4O14S4.4Na/c39-33-25-7-3-1-5-23(25)31(55(47,48)49)17-27(33)37-35-21-13-11-19(29(15-21)53(41,42)43)9-10-20-12-14-22(16-30(20)54(44,45)46)36-38-28-18-32(56(50,51)52)24-6-2-4-8-26(24)34(28)40;;;;/h1-18,35-36H,(H,41,42,43)(H,44,45,46)(H,47,48,49)(H,50,51,52);;;;/q;4*+1/p-4/b10-9+,37-27-,38-28-;;;;. The minimum Gasteiger partial charge on any atom is -0.744 e. The van der Waals surface area contributed by atoms with Gasteiger partial charge in [0, 0.05) is 22.3 Å². The number of anilines is 2. The average molecular weight is 929 g/mol. The predicted octanol–water partition coefficient (Wildman–Crippen LogP) is -9.22. The summed E-state index contributed by atoms with van der Waals surface area (Å²) in [6, 6.07) is 16.9. The molecule has 6 rings (SSSR count). The van der Waals surface area contributed by atoms with Crippen molar-refractivity contribution in [3.8, 4) is 0 Å². The molecule has 0 aromatic heterocycles. The Hall–Kier alpha value is -1.98. The molecule has 0 atom stereocenters. The molecule has 18 nitrogen and oxygen atoms in total. The Labute approximate surface area is 431 Å². The van der Waals surface area contributed by atoms with Gasteiger partial charge < -0.3 is 18.2 Å². The van der Waals surface area contributed by atoms with E-state index in [4.69, 9.17) is 0 Å². The number of ketones is 2. The van der Waals surface area contributed by atoms with Crippen molar-refractivity contribution < 1.29 is 180 Å². The first kappa shape index (κ1) is 54.2. The Balaban J connectivity index is 0.00000310. The number of benzene rings is 4. The number of fused-ring (bicyclic) bond motifs is 2. The third kappa shape index (κ3) is 12.4. The molecule has 2 aliphatic rings. The molecule has 0 bridgehead atoms. The monoisotopic (exact) mass is 928 g/mol. The van der Waals surface area contributed by atoms with E-state index in [1.807, 2.05) is 0 Å². The van der Waals surface area contributed by atoms with Gasteiger partial charge in [-0.15, -0.1) is 0 Å². The van der Waals surface area contributed by atoms with Crippen molar-refractivity contribution in [3.63, 3.8) is 0 Å². The Morgan fingerprint density at radius 3 is 1.07 bits per heavy atom. The van der Waals surface area contributed by atoms with E-state index in [0.717, 1.165) is 48.6 Å². The van der Waals surface area contributed by atoms with Gasteiger partial charge in [-0.05, 0) is 47.5 Å². The van der Waals surface area contributed by atoms with Crippen molar-refractivity contribution in [2.24, 2.45) is 10.2 Å². The smallest absolute Gasteiger partial charge is 0.744 e. The van der Waals surface area contributed by atoms with Gasteiger partial charge in [-0.25, -0.2) is 33.7 Å². The molecule has 0 spiro atoms. The second kappa shape index (κ2) is 21.1. The number of hydrogen-bond donors (Lipinski definition) is 2. The molecule has 60 heavy (non-hydrogen) atoms. The normalized spacial score (nSPS) is 15.3. The summed E-state index contributed by atoms with van der Waals surface area (Å²) in [5.41, 5.74) is 2.10. The summed E-state index contributed by atoms with van der Waals surface area (Å²) in [6.45, 7) is 0. The van der Waals surface area contributed by atoms with Crippen LogP contribution in [0, 0.1) is 0 Å². The number of allylic oxidation sites excluding steroid dienone is 2. The van der Waals surface area contributed by atoms with E-state index in [1.165, 1.54) is 60.7 Å². The van der Waals surface area contributed by atoms with E-state index in [-0.39, 0.29) is 163 Å². The first-order chi connectivity index (χ1) is 26.1. The van der Waals surface area contributed by atoms with Crippen LogP contribution in [0.1, 0.15) is 43.0 Å². The summed E-state index contributed by atoms with van der Waals surface area (Å²) >= 11 is 0. The molecule has 2 aliphatic carbocycles. The Morgan fingerprint density at radius 2 is 0.767 bits per heavy atom. The number of nitrogens with zero attached hydrogens (tertiary/aromatic N) is 2. The molecule has 0 heterocycles. The van der Waals surface area contributed by atoms with Gasteiger partial charge in [0.25, 0.3) is 0 Å². The predicted molar refractivity (Wildman–Crippen MR) is 197 cm³/mol. The van der Waals surface area contributed by atoms with Gasteiger partial charge in [0.15, 0.2) is 0 Å². The van der Waals surface area contributed by atoms with Gasteiger partial charge in [0.1, 0.15) is 51.9 Å². The second-order valence-electron chi connectivity index (χ2n) is 11.6.